The fourth-order valence-corrected chi connectivity index (χ4v) is 4.35. The predicted octanol–water partition coefficient (Wildman–Crippen LogP) is 3.07. The smallest absolute Gasteiger partial charge is 0.199 e. The monoisotopic (exact) mass is 349 g/mol. The lowest BCUT2D eigenvalue weighted by Crippen LogP contribution is -2.50. The van der Waals surface area contributed by atoms with Crippen LogP contribution in [-0.2, 0) is 6.67 Å². The third kappa shape index (κ3) is 3.03. The normalized spacial score (nSPS) is 23.5. The highest BCUT2D eigenvalue weighted by molar-refractivity contribution is 7.71. The van der Waals surface area contributed by atoms with Crippen LogP contribution in [0.2, 0.25) is 0 Å². The molecule has 1 saturated heterocycles. The van der Waals surface area contributed by atoms with Gasteiger partial charge < -0.3 is 4.90 Å². The van der Waals surface area contributed by atoms with E-state index in [1.807, 2.05) is 4.68 Å². The van der Waals surface area contributed by atoms with Gasteiger partial charge in [0.25, 0.3) is 0 Å². The van der Waals surface area contributed by atoms with Crippen LogP contribution in [0.5, 0.6) is 0 Å². The Morgan fingerprint density at radius 1 is 1.35 bits per heavy atom. The summed E-state index contributed by atoms with van der Waals surface area (Å²) < 4.78 is 5.19. The van der Waals surface area contributed by atoms with Gasteiger partial charge in [-0.15, -0.1) is 16.4 Å². The molecule has 0 aromatic carbocycles. The molecule has 0 bridgehead atoms. The molecule has 0 N–H and O–H groups in total. The first-order chi connectivity index (χ1) is 11.1. The third-order valence-electron chi connectivity index (χ3n) is 4.81. The van der Waals surface area contributed by atoms with Gasteiger partial charge in [-0.05, 0) is 50.5 Å². The molecular weight excluding hydrogens is 326 g/mol. The van der Waals surface area contributed by atoms with Crippen molar-refractivity contribution >= 4 is 23.6 Å². The molecule has 1 atom stereocenters. The molecule has 2 aliphatic rings. The lowest BCUT2D eigenvalue weighted by atomic mass is 10.2. The number of aromatic nitrogens is 3. The zero-order valence-corrected chi connectivity index (χ0v) is 15.3. The number of hydrogen-bond donors (Lipinski definition) is 0. The van der Waals surface area contributed by atoms with Crippen LogP contribution in [0.1, 0.15) is 25.8 Å². The van der Waals surface area contributed by atoms with Crippen LogP contribution in [0.4, 0.5) is 0 Å². The van der Waals surface area contributed by atoms with Gasteiger partial charge >= 0.3 is 0 Å². The molecule has 2 aromatic rings. The Morgan fingerprint density at radius 2 is 2.17 bits per heavy atom. The Kier molecular flexibility index (Phi) is 4.13. The number of hydrogen-bond acceptors (Lipinski definition) is 5. The minimum atomic E-state index is 0.534. The topological polar surface area (TPSA) is 29.2 Å². The molecule has 1 saturated carbocycles. The van der Waals surface area contributed by atoms with Crippen molar-refractivity contribution in [3.05, 3.63) is 22.3 Å². The van der Waals surface area contributed by atoms with Gasteiger partial charge in [0, 0.05) is 31.7 Å². The van der Waals surface area contributed by atoms with Gasteiger partial charge in [-0.25, -0.2) is 4.68 Å². The Labute approximate surface area is 146 Å². The molecule has 124 valence electrons. The van der Waals surface area contributed by atoms with Crippen LogP contribution >= 0.6 is 23.6 Å². The summed E-state index contributed by atoms with van der Waals surface area (Å²) in [5.74, 6) is 1.05. The van der Waals surface area contributed by atoms with Gasteiger partial charge in [0.05, 0.1) is 11.5 Å². The summed E-state index contributed by atoms with van der Waals surface area (Å²) in [6, 6.07) is 5.32. The van der Waals surface area contributed by atoms with Crippen molar-refractivity contribution in [3.63, 3.8) is 0 Å². The highest BCUT2D eigenvalue weighted by Gasteiger charge is 2.30. The summed E-state index contributed by atoms with van der Waals surface area (Å²) >= 11 is 7.51. The van der Waals surface area contributed by atoms with E-state index < -0.39 is 0 Å². The van der Waals surface area contributed by atoms with E-state index in [9.17, 15) is 0 Å². The number of likely N-dealkylation sites (N-methyl/N-ethyl adjacent to an activating group) is 1. The van der Waals surface area contributed by atoms with Gasteiger partial charge in [-0.1, -0.05) is 6.07 Å². The zero-order valence-electron chi connectivity index (χ0n) is 13.7. The molecule has 2 aromatic heterocycles. The van der Waals surface area contributed by atoms with E-state index >= 15 is 0 Å². The Hall–Kier alpha value is -1.02. The third-order valence-corrected chi connectivity index (χ3v) is 6.08. The fraction of sp³-hybridized carbons (Fsp3) is 0.625. The van der Waals surface area contributed by atoms with Crippen LogP contribution in [0.3, 0.4) is 0 Å². The van der Waals surface area contributed by atoms with Gasteiger partial charge in [0.2, 0.25) is 0 Å². The molecule has 0 amide bonds. The highest BCUT2D eigenvalue weighted by Crippen LogP contribution is 2.39. The molecule has 7 heteroatoms. The molecule has 1 aliphatic heterocycles. The predicted molar refractivity (Wildman–Crippen MR) is 96.3 cm³/mol. The van der Waals surface area contributed by atoms with Gasteiger partial charge in [0.1, 0.15) is 0 Å². The molecule has 4 rings (SSSR count). The molecule has 2 fully saturated rings. The maximum absolute atomic E-state index is 5.76. The molecular formula is C16H23N5S2. The first-order valence-corrected chi connectivity index (χ1v) is 9.58. The maximum Gasteiger partial charge on any atom is 0.199 e. The summed E-state index contributed by atoms with van der Waals surface area (Å²) in [6.45, 7) is 6.38. The molecule has 0 unspecified atom stereocenters. The van der Waals surface area contributed by atoms with Crippen molar-refractivity contribution in [1.29, 1.82) is 0 Å². The first kappa shape index (κ1) is 15.5. The maximum atomic E-state index is 5.76. The molecule has 5 nitrogen and oxygen atoms in total. The summed E-state index contributed by atoms with van der Waals surface area (Å²) in [4.78, 5) is 6.09. The van der Waals surface area contributed by atoms with Crippen LogP contribution in [0.25, 0.3) is 10.7 Å². The van der Waals surface area contributed by atoms with Crippen molar-refractivity contribution in [1.82, 2.24) is 24.1 Å². The molecule has 3 heterocycles. The molecule has 1 aliphatic carbocycles. The van der Waals surface area contributed by atoms with E-state index in [0.717, 1.165) is 36.9 Å². The second-order valence-electron chi connectivity index (χ2n) is 6.75. The van der Waals surface area contributed by atoms with E-state index in [0.29, 0.717) is 12.1 Å². The van der Waals surface area contributed by atoms with E-state index in [2.05, 4.69) is 45.9 Å². The van der Waals surface area contributed by atoms with E-state index in [1.54, 1.807) is 11.3 Å². The van der Waals surface area contributed by atoms with Crippen LogP contribution in [-0.4, -0.2) is 56.9 Å². The SMILES string of the molecule is C[C@H]1CN(C)CCN1Cn1nc(-c2cccs2)n(C2CC2)c1=S. The van der Waals surface area contributed by atoms with Crippen molar-refractivity contribution in [2.45, 2.75) is 38.5 Å². The summed E-state index contributed by atoms with van der Waals surface area (Å²) in [7, 11) is 2.19. The average molecular weight is 350 g/mol. The number of thiophene rings is 1. The van der Waals surface area contributed by atoms with Gasteiger partial charge in [-0.2, -0.15) is 0 Å². The van der Waals surface area contributed by atoms with E-state index in [-0.39, 0.29) is 0 Å². The van der Waals surface area contributed by atoms with E-state index in [1.165, 1.54) is 17.7 Å². The van der Waals surface area contributed by atoms with Crippen molar-refractivity contribution in [2.75, 3.05) is 26.7 Å². The summed E-state index contributed by atoms with van der Waals surface area (Å²) in [5, 5.41) is 7.00. The van der Waals surface area contributed by atoms with Crippen LogP contribution in [0.15, 0.2) is 17.5 Å². The molecule has 23 heavy (non-hydrogen) atoms. The lowest BCUT2D eigenvalue weighted by molar-refractivity contribution is 0.0682. The van der Waals surface area contributed by atoms with Crippen LogP contribution < -0.4 is 0 Å². The number of nitrogens with zero attached hydrogens (tertiary/aromatic N) is 5. The van der Waals surface area contributed by atoms with Crippen LogP contribution in [0, 0.1) is 4.77 Å². The Balaban J connectivity index is 1.64. The van der Waals surface area contributed by atoms with Crippen molar-refractivity contribution in [3.8, 4) is 10.7 Å². The van der Waals surface area contributed by atoms with Crippen molar-refractivity contribution < 1.29 is 0 Å². The van der Waals surface area contributed by atoms with Crippen molar-refractivity contribution in [2.24, 2.45) is 0 Å². The minimum absolute atomic E-state index is 0.534. The molecule has 0 spiro atoms. The second kappa shape index (κ2) is 6.12. The quantitative estimate of drug-likeness (QED) is 0.794. The lowest BCUT2D eigenvalue weighted by Gasteiger charge is -2.37. The zero-order chi connectivity index (χ0) is 16.0. The first-order valence-electron chi connectivity index (χ1n) is 8.29. The average Bonchev–Trinajstić information content (AvgIpc) is 3.09. The Bertz CT molecular complexity index is 728. The Morgan fingerprint density at radius 3 is 2.83 bits per heavy atom. The second-order valence-corrected chi connectivity index (χ2v) is 8.06. The van der Waals surface area contributed by atoms with Gasteiger partial charge in [0.15, 0.2) is 10.6 Å². The fourth-order valence-electron chi connectivity index (χ4n) is 3.31. The van der Waals surface area contributed by atoms with E-state index in [4.69, 9.17) is 17.3 Å². The summed E-state index contributed by atoms with van der Waals surface area (Å²) in [6.07, 6.45) is 2.45. The highest BCUT2D eigenvalue weighted by atomic mass is 32.1. The number of piperazine rings is 1. The van der Waals surface area contributed by atoms with Gasteiger partial charge in [-0.3, -0.25) is 9.47 Å². The number of rotatable bonds is 4. The molecule has 0 radical (unpaired) electrons. The summed E-state index contributed by atoms with van der Waals surface area (Å²) in [5.41, 5.74) is 0. The standard InChI is InChI=1S/C16H23N5S2/c1-12-10-18(2)7-8-19(12)11-20-16(22)21(13-5-6-13)15(17-20)14-4-3-9-23-14/h3-4,9,12-13H,5-8,10-11H2,1-2H3/t12-/m0/s1. The largest absolute Gasteiger partial charge is 0.304 e. The minimum Gasteiger partial charge on any atom is -0.304 e.